The molecule has 2 aromatic carbocycles. The molecule has 8 rings (SSSR count). The molecule has 2 aromatic heterocycles. The molecule has 0 unspecified atom stereocenters. The number of carbonyl (C=O) groups is 2. The van der Waals surface area contributed by atoms with Gasteiger partial charge in [0.25, 0.3) is 0 Å². The molecule has 0 radical (unpaired) electrons. The highest BCUT2D eigenvalue weighted by molar-refractivity contribution is 5.89. The third kappa shape index (κ3) is 8.90. The molecule has 0 saturated carbocycles. The summed E-state index contributed by atoms with van der Waals surface area (Å²) in [5.74, 6) is 2.00. The molecule has 4 aliphatic heterocycles. The molecule has 4 fully saturated rings. The highest BCUT2D eigenvalue weighted by atomic mass is 35.5. The summed E-state index contributed by atoms with van der Waals surface area (Å²) in [4.78, 5) is 47.1. The summed E-state index contributed by atoms with van der Waals surface area (Å²) in [5, 5.41) is 6.96. The minimum atomic E-state index is -0.507. The number of aryl methyl sites for hydroxylation is 2. The average molecular weight is 842 g/mol. The number of likely N-dealkylation sites (tertiary alicyclic amines) is 2. The molecule has 12 nitrogen and oxygen atoms in total. The predicted octanol–water partition coefficient (Wildman–Crippen LogP) is 6.87. The number of aromatic nitrogens is 4. The Labute approximate surface area is 350 Å². The summed E-state index contributed by atoms with van der Waals surface area (Å²) < 4.78 is 40.0. The van der Waals surface area contributed by atoms with Crippen molar-refractivity contribution in [2.24, 2.45) is 0 Å². The normalized spacial score (nSPS) is 23.5. The Morgan fingerprint density at radius 1 is 0.655 bits per heavy atom. The van der Waals surface area contributed by atoms with Crippen molar-refractivity contribution in [1.29, 1.82) is 0 Å². The largest absolute Gasteiger partial charge is 0.494 e. The molecule has 16 heteroatoms. The molecule has 2 spiro atoms. The van der Waals surface area contributed by atoms with Crippen LogP contribution in [0, 0.1) is 25.5 Å². The number of hydrogen-bond acceptors (Lipinski definition) is 10. The Kier molecular flexibility index (Phi) is 14.0. The summed E-state index contributed by atoms with van der Waals surface area (Å²) in [7, 11) is 3.67. The van der Waals surface area contributed by atoms with Crippen molar-refractivity contribution in [3.05, 3.63) is 83.2 Å². The van der Waals surface area contributed by atoms with Gasteiger partial charge in [0, 0.05) is 49.7 Å². The van der Waals surface area contributed by atoms with Crippen molar-refractivity contribution in [3.8, 4) is 34.0 Å². The van der Waals surface area contributed by atoms with Gasteiger partial charge < -0.3 is 19.3 Å². The van der Waals surface area contributed by atoms with Crippen LogP contribution in [0.4, 0.5) is 8.78 Å². The van der Waals surface area contributed by atoms with Crippen molar-refractivity contribution in [1.82, 2.24) is 40.4 Å². The number of rotatable bonds is 8. The first kappa shape index (κ1) is 44.6. The number of nitrogens with zero attached hydrogens (tertiary/aromatic N) is 6. The summed E-state index contributed by atoms with van der Waals surface area (Å²) in [6.45, 7) is 10.1. The molecule has 58 heavy (non-hydrogen) atoms. The fourth-order valence-corrected chi connectivity index (χ4v) is 8.41. The Bertz CT molecular complexity index is 2000. The van der Waals surface area contributed by atoms with Gasteiger partial charge in [-0.25, -0.2) is 28.7 Å². The van der Waals surface area contributed by atoms with Crippen molar-refractivity contribution in [3.63, 3.8) is 0 Å². The molecular formula is C42H52Cl2F2N8O4. The maximum absolute atomic E-state index is 14.5. The number of likely N-dealkylation sites (N-methyl/N-ethyl adjacent to an activating group) is 2. The fourth-order valence-electron chi connectivity index (χ4n) is 8.41. The number of halogens is 4. The van der Waals surface area contributed by atoms with E-state index >= 15 is 0 Å². The number of nitrogens with one attached hydrogen (secondary N) is 2. The highest BCUT2D eigenvalue weighted by Gasteiger charge is 2.51. The zero-order valence-corrected chi connectivity index (χ0v) is 35.4. The maximum Gasteiger partial charge on any atom is 0.242 e. The molecule has 4 aromatic rings. The zero-order valence-electron chi connectivity index (χ0n) is 33.7. The molecule has 0 aliphatic carbocycles. The maximum atomic E-state index is 14.5. The van der Waals surface area contributed by atoms with Crippen LogP contribution in [0.5, 0.6) is 11.5 Å². The van der Waals surface area contributed by atoms with E-state index in [0.717, 1.165) is 63.0 Å². The zero-order chi connectivity index (χ0) is 39.8. The summed E-state index contributed by atoms with van der Waals surface area (Å²) in [5.41, 5.74) is 2.35. The molecule has 2 N–H and O–H groups in total. The van der Waals surface area contributed by atoms with Crippen LogP contribution in [0.3, 0.4) is 0 Å². The van der Waals surface area contributed by atoms with Crippen LogP contribution in [-0.2, 0) is 9.59 Å². The second-order valence-corrected chi connectivity index (χ2v) is 15.2. The van der Waals surface area contributed by atoms with Crippen LogP contribution in [0.1, 0.15) is 87.5 Å². The molecule has 2 amide bonds. The lowest BCUT2D eigenvalue weighted by Crippen LogP contribution is -2.47. The minimum Gasteiger partial charge on any atom is -0.494 e. The third-order valence-corrected chi connectivity index (χ3v) is 11.3. The van der Waals surface area contributed by atoms with Crippen LogP contribution in [0.2, 0.25) is 0 Å². The first-order valence-corrected chi connectivity index (χ1v) is 19.5. The van der Waals surface area contributed by atoms with Crippen molar-refractivity contribution in [2.45, 2.75) is 89.4 Å². The number of amides is 2. The van der Waals surface area contributed by atoms with Gasteiger partial charge in [-0.2, -0.15) is 0 Å². The molecule has 4 atom stereocenters. The molecular weight excluding hydrogens is 789 g/mol. The van der Waals surface area contributed by atoms with Gasteiger partial charge in [-0.05, 0) is 115 Å². The van der Waals surface area contributed by atoms with Crippen molar-refractivity contribution in [2.75, 3.05) is 40.4 Å². The number of benzene rings is 2. The second kappa shape index (κ2) is 18.2. The Morgan fingerprint density at radius 2 is 1.05 bits per heavy atom. The lowest BCUT2D eigenvalue weighted by molar-refractivity contribution is -0.132. The standard InChI is InChI=1S/2C21H25FN4O2.2ClH/c2*1-4-28-14-5-6-16(22)15(12-14)18-11-13(2)23-19(24-18)17-7-8-21(25-17)9-10-26(3)20(21)27;;/h2*5-6,11-12,17,25H,4,7-10H2,1-3H3;2*1H/t17-,21+;17-,21-;;/m01../s1. The van der Waals surface area contributed by atoms with Crippen LogP contribution in [0.25, 0.3) is 22.5 Å². The monoisotopic (exact) mass is 840 g/mol. The molecule has 312 valence electrons. The van der Waals surface area contributed by atoms with Crippen LogP contribution >= 0.6 is 24.8 Å². The number of hydrogen-bond donors (Lipinski definition) is 2. The van der Waals surface area contributed by atoms with E-state index in [1.807, 2.05) is 41.8 Å². The fraction of sp³-hybridized carbons (Fsp3) is 0.476. The topological polar surface area (TPSA) is 135 Å². The highest BCUT2D eigenvalue weighted by Crippen LogP contribution is 2.40. The quantitative estimate of drug-likeness (QED) is 0.194. The predicted molar refractivity (Wildman–Crippen MR) is 221 cm³/mol. The van der Waals surface area contributed by atoms with E-state index in [1.165, 1.54) is 12.1 Å². The van der Waals surface area contributed by atoms with Gasteiger partial charge in [0.15, 0.2) is 0 Å². The lowest BCUT2D eigenvalue weighted by Gasteiger charge is -2.23. The number of ether oxygens (including phenoxy) is 2. The Hall–Kier alpha value is -4.50. The Balaban J connectivity index is 0.000000214. The van der Waals surface area contributed by atoms with E-state index in [0.29, 0.717) is 58.9 Å². The van der Waals surface area contributed by atoms with Gasteiger partial charge in [0.1, 0.15) is 45.9 Å². The van der Waals surface area contributed by atoms with E-state index in [9.17, 15) is 18.4 Å². The van der Waals surface area contributed by atoms with Crippen molar-refractivity contribution >= 4 is 36.6 Å². The molecule has 4 saturated heterocycles. The smallest absolute Gasteiger partial charge is 0.242 e. The van der Waals surface area contributed by atoms with Crippen molar-refractivity contribution < 1.29 is 27.8 Å². The minimum absolute atomic E-state index is 0. The summed E-state index contributed by atoms with van der Waals surface area (Å²) >= 11 is 0. The van der Waals surface area contributed by atoms with Gasteiger partial charge in [-0.15, -0.1) is 24.8 Å². The SMILES string of the molecule is CCOc1ccc(F)c(-c2cc(C)nc([C@@H]3CC[C@]4(CCN(C)C4=O)N3)n2)c1.CCOc1ccc(F)c(-c2cc(C)nc([C@H]3CC[C@]4(CCN(C)C4=O)N3)n2)c1.Cl.Cl. The van der Waals surface area contributed by atoms with Gasteiger partial charge in [-0.1, -0.05) is 0 Å². The van der Waals surface area contributed by atoms with Crippen LogP contribution in [-0.4, -0.2) is 93.0 Å². The average Bonchev–Trinajstić information content (AvgIpc) is 3.95. The summed E-state index contributed by atoms with van der Waals surface area (Å²) in [6, 6.07) is 12.7. The lowest BCUT2D eigenvalue weighted by atomic mass is 9.96. The van der Waals surface area contributed by atoms with Gasteiger partial charge >= 0.3 is 0 Å². The van der Waals surface area contributed by atoms with Crippen LogP contribution in [0.15, 0.2) is 48.5 Å². The van der Waals surface area contributed by atoms with E-state index < -0.39 is 11.1 Å². The van der Waals surface area contributed by atoms with E-state index in [4.69, 9.17) is 9.47 Å². The van der Waals surface area contributed by atoms with Gasteiger partial charge in [0.2, 0.25) is 11.8 Å². The van der Waals surface area contributed by atoms with E-state index in [1.54, 1.807) is 46.2 Å². The molecule has 6 heterocycles. The second-order valence-electron chi connectivity index (χ2n) is 15.2. The first-order chi connectivity index (χ1) is 26.8. The molecule has 0 bridgehead atoms. The van der Waals surface area contributed by atoms with Crippen LogP contribution < -0.4 is 20.1 Å². The van der Waals surface area contributed by atoms with E-state index in [-0.39, 0.29) is 60.3 Å². The number of carbonyl (C=O) groups excluding carboxylic acids is 2. The van der Waals surface area contributed by atoms with Gasteiger partial charge in [0.05, 0.1) is 36.7 Å². The van der Waals surface area contributed by atoms with Gasteiger partial charge in [-0.3, -0.25) is 20.2 Å². The first-order valence-electron chi connectivity index (χ1n) is 19.5. The Morgan fingerprint density at radius 3 is 1.40 bits per heavy atom. The third-order valence-electron chi connectivity index (χ3n) is 11.3. The summed E-state index contributed by atoms with van der Waals surface area (Å²) in [6.07, 6.45) is 4.68. The van der Waals surface area contributed by atoms with E-state index in [2.05, 4.69) is 30.6 Å². The molecule has 4 aliphatic rings.